The lowest BCUT2D eigenvalue weighted by Gasteiger charge is -2.15. The Morgan fingerprint density at radius 1 is 1.26 bits per heavy atom. The summed E-state index contributed by atoms with van der Waals surface area (Å²) in [6, 6.07) is 13.6. The SMILES string of the molecule is Cc1cc(C(N)=S)cc(OC(C)c2ccccc2)n1. The first kappa shape index (κ1) is 13.5. The lowest BCUT2D eigenvalue weighted by atomic mass is 10.1. The van der Waals surface area contributed by atoms with E-state index in [1.54, 1.807) is 6.07 Å². The Morgan fingerprint density at radius 2 is 1.95 bits per heavy atom. The molecule has 0 aliphatic heterocycles. The number of nitrogens with two attached hydrogens (primary N) is 1. The molecule has 0 saturated carbocycles. The number of rotatable bonds is 4. The molecule has 4 heteroatoms. The summed E-state index contributed by atoms with van der Waals surface area (Å²) in [5, 5.41) is 0. The van der Waals surface area contributed by atoms with E-state index in [1.165, 1.54) is 0 Å². The van der Waals surface area contributed by atoms with E-state index in [9.17, 15) is 0 Å². The number of benzene rings is 1. The van der Waals surface area contributed by atoms with E-state index in [2.05, 4.69) is 4.98 Å². The fraction of sp³-hybridized carbons (Fsp3) is 0.200. The molecule has 0 aliphatic rings. The molecule has 1 unspecified atom stereocenters. The van der Waals surface area contributed by atoms with Gasteiger partial charge in [-0.2, -0.15) is 0 Å². The van der Waals surface area contributed by atoms with Crippen molar-refractivity contribution in [3.8, 4) is 5.88 Å². The van der Waals surface area contributed by atoms with Gasteiger partial charge in [0.15, 0.2) is 0 Å². The van der Waals surface area contributed by atoms with E-state index in [0.29, 0.717) is 10.9 Å². The fourth-order valence-corrected chi connectivity index (χ4v) is 1.93. The molecule has 1 heterocycles. The maximum atomic E-state index is 5.85. The molecule has 1 aromatic carbocycles. The number of ether oxygens (including phenoxy) is 1. The van der Waals surface area contributed by atoms with E-state index in [-0.39, 0.29) is 6.10 Å². The summed E-state index contributed by atoms with van der Waals surface area (Å²) in [6.07, 6.45) is -0.0744. The van der Waals surface area contributed by atoms with E-state index in [1.807, 2.05) is 50.2 Å². The molecular weight excluding hydrogens is 256 g/mol. The third-order valence-corrected chi connectivity index (χ3v) is 3.02. The first-order chi connectivity index (χ1) is 9.06. The highest BCUT2D eigenvalue weighted by atomic mass is 32.1. The van der Waals surface area contributed by atoms with Crippen molar-refractivity contribution in [2.24, 2.45) is 5.73 Å². The Balaban J connectivity index is 2.21. The first-order valence-corrected chi connectivity index (χ1v) is 6.47. The van der Waals surface area contributed by atoms with Crippen LogP contribution in [0.3, 0.4) is 0 Å². The molecule has 0 radical (unpaired) electrons. The van der Waals surface area contributed by atoms with Crippen LogP contribution in [0.1, 0.15) is 29.8 Å². The average Bonchev–Trinajstić information content (AvgIpc) is 2.39. The highest BCUT2D eigenvalue weighted by molar-refractivity contribution is 7.80. The van der Waals surface area contributed by atoms with Crippen LogP contribution in [0.2, 0.25) is 0 Å². The summed E-state index contributed by atoms with van der Waals surface area (Å²) in [5.41, 5.74) is 8.35. The van der Waals surface area contributed by atoms with Gasteiger partial charge in [-0.25, -0.2) is 4.98 Å². The number of pyridine rings is 1. The van der Waals surface area contributed by atoms with Crippen LogP contribution in [0.25, 0.3) is 0 Å². The molecule has 2 rings (SSSR count). The second kappa shape index (κ2) is 5.80. The van der Waals surface area contributed by atoms with Crippen LogP contribution in [0.4, 0.5) is 0 Å². The normalized spacial score (nSPS) is 11.9. The van der Waals surface area contributed by atoms with Crippen LogP contribution < -0.4 is 10.5 Å². The third-order valence-electron chi connectivity index (χ3n) is 2.78. The number of hydrogen-bond acceptors (Lipinski definition) is 3. The Labute approximate surface area is 118 Å². The van der Waals surface area contributed by atoms with Gasteiger partial charge >= 0.3 is 0 Å². The molecule has 2 N–H and O–H groups in total. The van der Waals surface area contributed by atoms with Crippen LogP contribution in [-0.4, -0.2) is 9.97 Å². The van der Waals surface area contributed by atoms with Gasteiger partial charge in [0.05, 0.1) is 0 Å². The van der Waals surface area contributed by atoms with Crippen molar-refractivity contribution in [1.29, 1.82) is 0 Å². The van der Waals surface area contributed by atoms with Gasteiger partial charge in [0, 0.05) is 17.3 Å². The minimum absolute atomic E-state index is 0.0744. The maximum Gasteiger partial charge on any atom is 0.214 e. The second-order valence-corrected chi connectivity index (χ2v) is 4.81. The van der Waals surface area contributed by atoms with Crippen LogP contribution in [-0.2, 0) is 0 Å². The average molecular weight is 272 g/mol. The van der Waals surface area contributed by atoms with Crippen molar-refractivity contribution in [1.82, 2.24) is 4.98 Å². The number of thiocarbonyl (C=S) groups is 1. The lowest BCUT2D eigenvalue weighted by Crippen LogP contribution is -2.11. The minimum atomic E-state index is -0.0744. The molecule has 1 aromatic heterocycles. The second-order valence-electron chi connectivity index (χ2n) is 4.37. The Hall–Kier alpha value is -1.94. The standard InChI is InChI=1S/C15H16N2OS/c1-10-8-13(15(16)19)9-14(17-10)18-11(2)12-6-4-3-5-7-12/h3-9,11H,1-2H3,(H2,16,19). The number of aromatic nitrogens is 1. The molecular formula is C15H16N2OS. The predicted molar refractivity (Wildman–Crippen MR) is 80.3 cm³/mol. The van der Waals surface area contributed by atoms with Crippen molar-refractivity contribution in [3.05, 3.63) is 59.3 Å². The predicted octanol–water partition coefficient (Wildman–Crippen LogP) is 3.16. The van der Waals surface area contributed by atoms with Gasteiger partial charge in [0.1, 0.15) is 11.1 Å². The van der Waals surface area contributed by atoms with E-state index >= 15 is 0 Å². The van der Waals surface area contributed by atoms with Gasteiger partial charge in [-0.1, -0.05) is 42.5 Å². The number of nitrogens with zero attached hydrogens (tertiary/aromatic N) is 1. The van der Waals surface area contributed by atoms with E-state index in [4.69, 9.17) is 22.7 Å². The third kappa shape index (κ3) is 3.51. The van der Waals surface area contributed by atoms with E-state index < -0.39 is 0 Å². The molecule has 1 atom stereocenters. The molecule has 0 bridgehead atoms. The topological polar surface area (TPSA) is 48.1 Å². The minimum Gasteiger partial charge on any atom is -0.470 e. The van der Waals surface area contributed by atoms with Crippen LogP contribution in [0, 0.1) is 6.92 Å². The Bertz CT molecular complexity index is 584. The van der Waals surface area contributed by atoms with Crippen LogP contribution in [0.15, 0.2) is 42.5 Å². The largest absolute Gasteiger partial charge is 0.470 e. The van der Waals surface area contributed by atoms with Gasteiger partial charge in [-0.3, -0.25) is 0 Å². The fourth-order valence-electron chi connectivity index (χ4n) is 1.81. The van der Waals surface area contributed by atoms with Crippen molar-refractivity contribution in [2.75, 3.05) is 0 Å². The maximum absolute atomic E-state index is 5.85. The molecule has 0 saturated heterocycles. The van der Waals surface area contributed by atoms with Crippen LogP contribution in [0.5, 0.6) is 5.88 Å². The zero-order valence-electron chi connectivity index (χ0n) is 11.0. The molecule has 0 amide bonds. The van der Waals surface area contributed by atoms with Gasteiger partial charge in [0.2, 0.25) is 5.88 Å². The summed E-state index contributed by atoms with van der Waals surface area (Å²) in [7, 11) is 0. The van der Waals surface area contributed by atoms with E-state index in [0.717, 1.165) is 16.8 Å². The number of aryl methyl sites for hydroxylation is 1. The summed E-state index contributed by atoms with van der Waals surface area (Å²) in [6.45, 7) is 3.88. The van der Waals surface area contributed by atoms with Crippen molar-refractivity contribution >= 4 is 17.2 Å². The highest BCUT2D eigenvalue weighted by Crippen LogP contribution is 2.21. The van der Waals surface area contributed by atoms with Gasteiger partial charge < -0.3 is 10.5 Å². The quantitative estimate of drug-likeness (QED) is 0.869. The zero-order valence-corrected chi connectivity index (χ0v) is 11.8. The number of hydrogen-bond donors (Lipinski definition) is 1. The lowest BCUT2D eigenvalue weighted by molar-refractivity contribution is 0.217. The first-order valence-electron chi connectivity index (χ1n) is 6.06. The summed E-state index contributed by atoms with van der Waals surface area (Å²) in [4.78, 5) is 4.69. The monoisotopic (exact) mass is 272 g/mol. The molecule has 0 fully saturated rings. The zero-order chi connectivity index (χ0) is 13.8. The molecule has 0 spiro atoms. The summed E-state index contributed by atoms with van der Waals surface area (Å²) < 4.78 is 5.85. The van der Waals surface area contributed by atoms with Gasteiger partial charge in [-0.15, -0.1) is 0 Å². The van der Waals surface area contributed by atoms with Crippen molar-refractivity contribution < 1.29 is 4.74 Å². The molecule has 3 nitrogen and oxygen atoms in total. The highest BCUT2D eigenvalue weighted by Gasteiger charge is 2.09. The molecule has 19 heavy (non-hydrogen) atoms. The molecule has 2 aromatic rings. The van der Waals surface area contributed by atoms with Gasteiger partial charge in [0.25, 0.3) is 0 Å². The molecule has 0 aliphatic carbocycles. The summed E-state index contributed by atoms with van der Waals surface area (Å²) in [5.74, 6) is 0.541. The smallest absolute Gasteiger partial charge is 0.214 e. The van der Waals surface area contributed by atoms with Gasteiger partial charge in [-0.05, 0) is 25.5 Å². The van der Waals surface area contributed by atoms with Crippen molar-refractivity contribution in [2.45, 2.75) is 20.0 Å². The Morgan fingerprint density at radius 3 is 2.58 bits per heavy atom. The van der Waals surface area contributed by atoms with Crippen LogP contribution >= 0.6 is 12.2 Å². The molecule has 98 valence electrons. The summed E-state index contributed by atoms with van der Waals surface area (Å²) >= 11 is 4.98. The van der Waals surface area contributed by atoms with Crippen molar-refractivity contribution in [3.63, 3.8) is 0 Å². The Kier molecular flexibility index (Phi) is 4.12.